The number of rotatable bonds is 6. The minimum Gasteiger partial charge on any atom is -0.325 e. The number of anilines is 1. The first-order chi connectivity index (χ1) is 14.0. The minimum atomic E-state index is -0.387. The lowest BCUT2D eigenvalue weighted by Gasteiger charge is -2.11. The highest BCUT2D eigenvalue weighted by molar-refractivity contribution is 6.31. The van der Waals surface area contributed by atoms with Crippen LogP contribution in [-0.4, -0.2) is 17.5 Å². The van der Waals surface area contributed by atoms with Gasteiger partial charge in [-0.3, -0.25) is 9.59 Å². The SMILES string of the molecule is C/C(CC(=O)Nc1ccccc1-c1ccccc1)=N/NC(=O)c1cccc(Cl)c1. The largest absolute Gasteiger partial charge is 0.325 e. The van der Waals surface area contributed by atoms with Crippen molar-refractivity contribution in [1.82, 2.24) is 5.43 Å². The molecule has 6 heteroatoms. The van der Waals surface area contributed by atoms with E-state index in [2.05, 4.69) is 15.8 Å². The van der Waals surface area contributed by atoms with E-state index in [4.69, 9.17) is 11.6 Å². The lowest BCUT2D eigenvalue weighted by Crippen LogP contribution is -2.21. The van der Waals surface area contributed by atoms with Gasteiger partial charge in [0.15, 0.2) is 0 Å². The van der Waals surface area contributed by atoms with Crippen molar-refractivity contribution in [3.05, 3.63) is 89.4 Å². The summed E-state index contributed by atoms with van der Waals surface area (Å²) in [5.41, 5.74) is 6.00. The van der Waals surface area contributed by atoms with E-state index in [-0.39, 0.29) is 18.2 Å². The van der Waals surface area contributed by atoms with Gasteiger partial charge in [0.25, 0.3) is 5.91 Å². The van der Waals surface area contributed by atoms with Crippen molar-refractivity contribution in [3.63, 3.8) is 0 Å². The van der Waals surface area contributed by atoms with Gasteiger partial charge in [-0.15, -0.1) is 0 Å². The van der Waals surface area contributed by atoms with Crippen LogP contribution in [0.1, 0.15) is 23.7 Å². The number of nitrogens with zero attached hydrogens (tertiary/aromatic N) is 1. The van der Waals surface area contributed by atoms with Gasteiger partial charge in [-0.25, -0.2) is 5.43 Å². The molecule has 2 N–H and O–H groups in total. The summed E-state index contributed by atoms with van der Waals surface area (Å²) < 4.78 is 0. The van der Waals surface area contributed by atoms with Crippen molar-refractivity contribution in [2.75, 3.05) is 5.32 Å². The number of benzene rings is 3. The fourth-order valence-corrected chi connectivity index (χ4v) is 2.96. The van der Waals surface area contributed by atoms with Crippen LogP contribution in [0.2, 0.25) is 5.02 Å². The molecular weight excluding hydrogens is 386 g/mol. The molecule has 0 aliphatic carbocycles. The molecule has 29 heavy (non-hydrogen) atoms. The molecule has 0 bridgehead atoms. The number of hydrogen-bond acceptors (Lipinski definition) is 3. The molecule has 146 valence electrons. The van der Waals surface area contributed by atoms with Crippen LogP contribution in [0.25, 0.3) is 11.1 Å². The van der Waals surface area contributed by atoms with Crippen molar-refractivity contribution >= 4 is 34.8 Å². The predicted molar refractivity (Wildman–Crippen MR) is 117 cm³/mol. The van der Waals surface area contributed by atoms with Gasteiger partial charge in [0, 0.05) is 27.5 Å². The fourth-order valence-electron chi connectivity index (χ4n) is 2.77. The third-order valence-corrected chi connectivity index (χ3v) is 4.37. The summed E-state index contributed by atoms with van der Waals surface area (Å²) in [6.07, 6.45) is 0.0545. The van der Waals surface area contributed by atoms with E-state index in [1.807, 2.05) is 54.6 Å². The Kier molecular flexibility index (Phi) is 6.76. The second-order valence-electron chi connectivity index (χ2n) is 6.43. The van der Waals surface area contributed by atoms with Gasteiger partial charge in [0.2, 0.25) is 5.91 Å². The minimum absolute atomic E-state index is 0.0545. The number of halogens is 1. The highest BCUT2D eigenvalue weighted by Crippen LogP contribution is 2.27. The monoisotopic (exact) mass is 405 g/mol. The smallest absolute Gasteiger partial charge is 0.271 e. The maximum atomic E-state index is 12.4. The van der Waals surface area contributed by atoms with E-state index in [1.54, 1.807) is 31.2 Å². The molecule has 0 fully saturated rings. The molecule has 0 unspecified atom stereocenters. The first-order valence-electron chi connectivity index (χ1n) is 9.06. The van der Waals surface area contributed by atoms with Crippen LogP contribution in [0, 0.1) is 0 Å². The van der Waals surface area contributed by atoms with Gasteiger partial charge in [-0.1, -0.05) is 66.2 Å². The van der Waals surface area contributed by atoms with E-state index in [0.717, 1.165) is 16.8 Å². The van der Waals surface area contributed by atoms with Crippen LogP contribution in [0.3, 0.4) is 0 Å². The number of nitrogens with one attached hydrogen (secondary N) is 2. The summed E-state index contributed by atoms with van der Waals surface area (Å²) >= 11 is 5.89. The maximum Gasteiger partial charge on any atom is 0.271 e. The summed E-state index contributed by atoms with van der Waals surface area (Å²) in [6.45, 7) is 1.68. The van der Waals surface area contributed by atoms with Crippen molar-refractivity contribution in [2.45, 2.75) is 13.3 Å². The zero-order chi connectivity index (χ0) is 20.6. The molecule has 3 aromatic rings. The van der Waals surface area contributed by atoms with Crippen LogP contribution in [0.5, 0.6) is 0 Å². The van der Waals surface area contributed by atoms with Gasteiger partial charge in [0.1, 0.15) is 0 Å². The van der Waals surface area contributed by atoms with E-state index in [0.29, 0.717) is 16.3 Å². The van der Waals surface area contributed by atoms with Gasteiger partial charge in [0.05, 0.1) is 6.42 Å². The molecule has 0 aliphatic rings. The lowest BCUT2D eigenvalue weighted by atomic mass is 10.0. The molecule has 2 amide bonds. The van der Waals surface area contributed by atoms with Gasteiger partial charge in [-0.05, 0) is 36.8 Å². The lowest BCUT2D eigenvalue weighted by molar-refractivity contribution is -0.115. The van der Waals surface area contributed by atoms with E-state index in [9.17, 15) is 9.59 Å². The standard InChI is InChI=1S/C23H20ClN3O2/c1-16(26-27-23(29)18-10-7-11-19(24)15-18)14-22(28)25-21-13-6-5-12-20(21)17-8-3-2-4-9-17/h2-13,15H,14H2,1H3,(H,25,28)(H,27,29)/b26-16-. The average Bonchev–Trinajstić information content (AvgIpc) is 2.73. The van der Waals surface area contributed by atoms with Crippen molar-refractivity contribution in [3.8, 4) is 11.1 Å². The number of hydrazone groups is 1. The van der Waals surface area contributed by atoms with E-state index < -0.39 is 0 Å². The number of carbonyl (C=O) groups excluding carboxylic acids is 2. The molecule has 3 aromatic carbocycles. The highest BCUT2D eigenvalue weighted by Gasteiger charge is 2.10. The Labute approximate surface area is 174 Å². The molecule has 5 nitrogen and oxygen atoms in total. The molecule has 0 aliphatic heterocycles. The molecule has 0 spiro atoms. The maximum absolute atomic E-state index is 12.4. The Morgan fingerprint density at radius 1 is 0.931 bits per heavy atom. The number of amides is 2. The molecule has 0 saturated heterocycles. The number of para-hydroxylation sites is 1. The number of hydrogen-bond donors (Lipinski definition) is 2. The van der Waals surface area contributed by atoms with Crippen molar-refractivity contribution < 1.29 is 9.59 Å². The Balaban J connectivity index is 1.62. The van der Waals surface area contributed by atoms with Crippen LogP contribution >= 0.6 is 11.6 Å². The predicted octanol–water partition coefficient (Wildman–Crippen LogP) is 5.14. The van der Waals surface area contributed by atoms with Crippen LogP contribution in [0.15, 0.2) is 84.0 Å². The van der Waals surface area contributed by atoms with Gasteiger partial charge in [-0.2, -0.15) is 5.10 Å². The Hall–Kier alpha value is -3.44. The van der Waals surface area contributed by atoms with Crippen molar-refractivity contribution in [2.24, 2.45) is 5.10 Å². The summed E-state index contributed by atoms with van der Waals surface area (Å²) in [4.78, 5) is 24.5. The first kappa shape index (κ1) is 20.3. The van der Waals surface area contributed by atoms with E-state index in [1.165, 1.54) is 0 Å². The third kappa shape index (κ3) is 5.77. The zero-order valence-corrected chi connectivity index (χ0v) is 16.6. The normalized spacial score (nSPS) is 11.0. The average molecular weight is 406 g/mol. The molecular formula is C23H20ClN3O2. The Bertz CT molecular complexity index is 1050. The molecule has 0 radical (unpaired) electrons. The third-order valence-electron chi connectivity index (χ3n) is 4.14. The molecule has 3 rings (SSSR count). The summed E-state index contributed by atoms with van der Waals surface area (Å²) in [7, 11) is 0. The summed E-state index contributed by atoms with van der Waals surface area (Å²) in [5, 5.41) is 7.39. The van der Waals surface area contributed by atoms with E-state index >= 15 is 0 Å². The quantitative estimate of drug-likeness (QED) is 0.440. The van der Waals surface area contributed by atoms with Crippen molar-refractivity contribution in [1.29, 1.82) is 0 Å². The molecule has 0 atom stereocenters. The van der Waals surface area contributed by atoms with Crippen LogP contribution in [-0.2, 0) is 4.79 Å². The van der Waals surface area contributed by atoms with Gasteiger partial charge < -0.3 is 5.32 Å². The Morgan fingerprint density at radius 2 is 1.66 bits per heavy atom. The first-order valence-corrected chi connectivity index (χ1v) is 9.44. The molecule has 0 saturated carbocycles. The Morgan fingerprint density at radius 3 is 2.41 bits per heavy atom. The summed E-state index contributed by atoms with van der Waals surface area (Å²) in [6, 6.07) is 24.0. The topological polar surface area (TPSA) is 70.6 Å². The fraction of sp³-hybridized carbons (Fsp3) is 0.0870. The highest BCUT2D eigenvalue weighted by atomic mass is 35.5. The molecule has 0 aromatic heterocycles. The number of carbonyl (C=O) groups is 2. The summed E-state index contributed by atoms with van der Waals surface area (Å²) in [5.74, 6) is -0.603. The van der Waals surface area contributed by atoms with Crippen LogP contribution in [0.4, 0.5) is 5.69 Å². The molecule has 0 heterocycles. The van der Waals surface area contributed by atoms with Crippen LogP contribution < -0.4 is 10.7 Å². The second-order valence-corrected chi connectivity index (χ2v) is 6.87. The second kappa shape index (κ2) is 9.66. The van der Waals surface area contributed by atoms with Gasteiger partial charge >= 0.3 is 0 Å². The zero-order valence-electron chi connectivity index (χ0n) is 15.9.